The quantitative estimate of drug-likeness (QED) is 0.277. The van der Waals surface area contributed by atoms with Crippen molar-refractivity contribution in [2.45, 2.75) is 32.2 Å². The zero-order valence-electron chi connectivity index (χ0n) is 19.8. The summed E-state index contributed by atoms with van der Waals surface area (Å²) in [6.07, 6.45) is -5.59. The number of alkyl halides is 3. The maximum Gasteiger partial charge on any atom is 0.416 e. The minimum absolute atomic E-state index is 0.0428. The number of aromatic nitrogens is 1. The molecule has 0 radical (unpaired) electrons. The number of hydrogen-bond donors (Lipinski definition) is 2. The summed E-state index contributed by atoms with van der Waals surface area (Å²) in [5, 5.41) is 23.7. The number of rotatable bonds is 9. The van der Waals surface area contributed by atoms with Gasteiger partial charge in [-0.25, -0.2) is 0 Å². The molecule has 0 aliphatic carbocycles. The van der Waals surface area contributed by atoms with Crippen LogP contribution in [-0.2, 0) is 28.7 Å². The number of carboxylic acid groups (broad SMARTS) is 1. The first-order chi connectivity index (χ1) is 17.6. The Morgan fingerprint density at radius 3 is 2.22 bits per heavy atom. The van der Waals surface area contributed by atoms with Gasteiger partial charge in [0.05, 0.1) is 36.5 Å². The topological polar surface area (TPSA) is 92.8 Å². The molecule has 3 aromatic carbocycles. The van der Waals surface area contributed by atoms with Crippen molar-refractivity contribution in [1.82, 2.24) is 5.16 Å². The van der Waals surface area contributed by atoms with E-state index in [-0.39, 0.29) is 19.6 Å². The van der Waals surface area contributed by atoms with Crippen LogP contribution in [0.25, 0.3) is 22.5 Å². The smallest absolute Gasteiger partial charge is 0.416 e. The van der Waals surface area contributed by atoms with E-state index in [1.54, 1.807) is 19.1 Å². The van der Waals surface area contributed by atoms with Gasteiger partial charge >= 0.3 is 12.1 Å². The van der Waals surface area contributed by atoms with Gasteiger partial charge in [-0.1, -0.05) is 65.8 Å². The Bertz CT molecular complexity index is 1360. The molecule has 1 heterocycles. The number of nitrogens with zero attached hydrogens (tertiary/aromatic N) is 1. The molecule has 1 aromatic heterocycles. The Labute approximate surface area is 210 Å². The first-order valence-corrected chi connectivity index (χ1v) is 11.4. The number of aryl methyl sites for hydroxylation is 1. The second-order valence-corrected chi connectivity index (χ2v) is 8.58. The van der Waals surface area contributed by atoms with Gasteiger partial charge in [-0.05, 0) is 41.3 Å². The molecule has 4 aromatic rings. The van der Waals surface area contributed by atoms with Crippen molar-refractivity contribution in [1.29, 1.82) is 0 Å². The SMILES string of the molecule is Cc1noc(-c2ccc(-c3ccc(CC(=O)O)cc3)cc2)c1C(O)COCc1cccc(C(F)(F)F)c1. The lowest BCUT2D eigenvalue weighted by Crippen LogP contribution is -2.10. The molecule has 0 saturated heterocycles. The maximum atomic E-state index is 12.9. The Hall–Kier alpha value is -3.95. The number of hydrogen-bond acceptors (Lipinski definition) is 5. The standard InChI is InChI=1S/C28H24F3NO5/c1-17-26(24(33)16-36-15-19-3-2-4-23(13-19)28(29,30)31)27(37-32-17)22-11-9-21(10-12-22)20-7-5-18(6-8-20)14-25(34)35/h2-13,24,33H,14-16H2,1H3,(H,34,35). The van der Waals surface area contributed by atoms with Gasteiger partial charge in [0.1, 0.15) is 6.10 Å². The van der Waals surface area contributed by atoms with Crippen molar-refractivity contribution >= 4 is 5.97 Å². The predicted molar refractivity (Wildman–Crippen MR) is 130 cm³/mol. The summed E-state index contributed by atoms with van der Waals surface area (Å²) in [5.74, 6) is -0.519. The average molecular weight is 511 g/mol. The van der Waals surface area contributed by atoms with Crippen LogP contribution in [0, 0.1) is 6.92 Å². The summed E-state index contributed by atoms with van der Waals surface area (Å²) in [5.41, 5.74) is 3.71. The van der Waals surface area contributed by atoms with Crippen LogP contribution in [0.1, 0.15) is 34.1 Å². The lowest BCUT2D eigenvalue weighted by atomic mass is 9.98. The van der Waals surface area contributed by atoms with E-state index in [0.29, 0.717) is 33.7 Å². The van der Waals surface area contributed by atoms with E-state index in [0.717, 1.165) is 23.3 Å². The molecule has 9 heteroatoms. The van der Waals surface area contributed by atoms with Gasteiger partial charge in [0.2, 0.25) is 0 Å². The van der Waals surface area contributed by atoms with Crippen molar-refractivity contribution in [3.05, 3.63) is 101 Å². The van der Waals surface area contributed by atoms with Crippen LogP contribution < -0.4 is 0 Å². The van der Waals surface area contributed by atoms with Crippen molar-refractivity contribution in [3.63, 3.8) is 0 Å². The lowest BCUT2D eigenvalue weighted by Gasteiger charge is -2.13. The van der Waals surface area contributed by atoms with Crippen LogP contribution >= 0.6 is 0 Å². The highest BCUT2D eigenvalue weighted by Crippen LogP contribution is 2.33. The molecule has 192 valence electrons. The largest absolute Gasteiger partial charge is 0.481 e. The van der Waals surface area contributed by atoms with E-state index in [9.17, 15) is 23.1 Å². The van der Waals surface area contributed by atoms with Gasteiger partial charge in [-0.3, -0.25) is 4.79 Å². The Morgan fingerprint density at radius 1 is 0.973 bits per heavy atom. The molecule has 0 amide bonds. The summed E-state index contributed by atoms with van der Waals surface area (Å²) in [6, 6.07) is 19.5. The number of ether oxygens (including phenoxy) is 1. The maximum absolute atomic E-state index is 12.9. The van der Waals surface area contributed by atoms with Gasteiger partial charge in [-0.2, -0.15) is 13.2 Å². The second-order valence-electron chi connectivity index (χ2n) is 8.58. The molecule has 0 fully saturated rings. The zero-order chi connectivity index (χ0) is 26.6. The third-order valence-corrected chi connectivity index (χ3v) is 5.83. The third-order valence-electron chi connectivity index (χ3n) is 5.83. The average Bonchev–Trinajstić information content (AvgIpc) is 3.25. The fourth-order valence-electron chi connectivity index (χ4n) is 3.99. The molecule has 0 aliphatic heterocycles. The molecule has 0 spiro atoms. The van der Waals surface area contributed by atoms with Gasteiger partial charge in [-0.15, -0.1) is 0 Å². The van der Waals surface area contributed by atoms with E-state index < -0.39 is 23.8 Å². The highest BCUT2D eigenvalue weighted by Gasteiger charge is 2.30. The number of aliphatic carboxylic acids is 1. The van der Waals surface area contributed by atoms with Crippen LogP contribution in [0.3, 0.4) is 0 Å². The fourth-order valence-corrected chi connectivity index (χ4v) is 3.99. The molecule has 6 nitrogen and oxygen atoms in total. The van der Waals surface area contributed by atoms with E-state index in [1.807, 2.05) is 36.4 Å². The van der Waals surface area contributed by atoms with Crippen LogP contribution in [0.15, 0.2) is 77.3 Å². The zero-order valence-corrected chi connectivity index (χ0v) is 19.8. The molecule has 2 N–H and O–H groups in total. The van der Waals surface area contributed by atoms with E-state index in [2.05, 4.69) is 5.16 Å². The van der Waals surface area contributed by atoms with E-state index in [4.69, 9.17) is 14.4 Å². The van der Waals surface area contributed by atoms with Crippen LogP contribution in [-0.4, -0.2) is 27.9 Å². The molecule has 0 bridgehead atoms. The molecular formula is C28H24F3NO5. The molecular weight excluding hydrogens is 487 g/mol. The Kier molecular flexibility index (Phi) is 7.75. The van der Waals surface area contributed by atoms with Crippen molar-refractivity contribution < 1.29 is 37.4 Å². The minimum atomic E-state index is -4.44. The predicted octanol–water partition coefficient (Wildman–Crippen LogP) is 6.21. The van der Waals surface area contributed by atoms with Crippen LogP contribution in [0.2, 0.25) is 0 Å². The summed E-state index contributed by atoms with van der Waals surface area (Å²) in [6.45, 7) is 1.43. The molecule has 0 aliphatic rings. The number of carboxylic acids is 1. The van der Waals surface area contributed by atoms with Crippen LogP contribution in [0.5, 0.6) is 0 Å². The summed E-state index contributed by atoms with van der Waals surface area (Å²) >= 11 is 0. The second kappa shape index (κ2) is 11.0. The van der Waals surface area contributed by atoms with Crippen LogP contribution in [0.4, 0.5) is 13.2 Å². The van der Waals surface area contributed by atoms with Gasteiger partial charge in [0.15, 0.2) is 5.76 Å². The lowest BCUT2D eigenvalue weighted by molar-refractivity contribution is -0.138. The van der Waals surface area contributed by atoms with Gasteiger partial charge in [0.25, 0.3) is 0 Å². The molecule has 0 saturated carbocycles. The van der Waals surface area contributed by atoms with E-state index >= 15 is 0 Å². The highest BCUT2D eigenvalue weighted by molar-refractivity contribution is 5.72. The summed E-state index contributed by atoms with van der Waals surface area (Å²) < 4.78 is 49.7. The first-order valence-electron chi connectivity index (χ1n) is 11.4. The molecule has 1 atom stereocenters. The fraction of sp³-hybridized carbons (Fsp3) is 0.214. The summed E-state index contributed by atoms with van der Waals surface area (Å²) in [7, 11) is 0. The first kappa shape index (κ1) is 26.1. The van der Waals surface area contributed by atoms with Crippen molar-refractivity contribution in [2.24, 2.45) is 0 Å². The number of aliphatic hydroxyl groups is 1. The van der Waals surface area contributed by atoms with Gasteiger partial charge < -0.3 is 19.5 Å². The molecule has 1 unspecified atom stereocenters. The van der Waals surface area contributed by atoms with E-state index in [1.165, 1.54) is 12.1 Å². The molecule has 37 heavy (non-hydrogen) atoms. The third kappa shape index (κ3) is 6.44. The normalized spacial score (nSPS) is 12.5. The molecule has 4 rings (SSSR count). The van der Waals surface area contributed by atoms with Gasteiger partial charge in [0, 0.05) is 5.56 Å². The Morgan fingerprint density at radius 2 is 1.59 bits per heavy atom. The Balaban J connectivity index is 1.44. The highest BCUT2D eigenvalue weighted by atomic mass is 19.4. The van der Waals surface area contributed by atoms with Crippen molar-refractivity contribution in [2.75, 3.05) is 6.61 Å². The van der Waals surface area contributed by atoms with Crippen molar-refractivity contribution in [3.8, 4) is 22.5 Å². The summed E-state index contributed by atoms with van der Waals surface area (Å²) in [4.78, 5) is 10.9. The number of aliphatic hydroxyl groups excluding tert-OH is 1. The number of benzene rings is 3. The number of carbonyl (C=O) groups is 1. The monoisotopic (exact) mass is 511 g/mol. The minimum Gasteiger partial charge on any atom is -0.481 e. The number of halogens is 3.